The lowest BCUT2D eigenvalue weighted by molar-refractivity contribution is 0.153. The van der Waals surface area contributed by atoms with E-state index in [1.807, 2.05) is 35.0 Å². The van der Waals surface area contributed by atoms with Gasteiger partial charge in [-0.1, -0.05) is 31.0 Å². The van der Waals surface area contributed by atoms with Crippen LogP contribution in [0, 0.1) is 0 Å². The van der Waals surface area contributed by atoms with Gasteiger partial charge in [0, 0.05) is 24.4 Å². The van der Waals surface area contributed by atoms with E-state index in [0.29, 0.717) is 19.1 Å². The molecule has 6 heteroatoms. The standard InChI is InChI=1S/C23H29N5O/c1-2-8-20(9-3-1)29-17-16-28-23-22(24-12-13-25-23)21(26-28)18-10-14-27(15-11-18)19-6-4-5-7-19/h1-3,8-9,12-13,18-19H,4-7,10-11,14-17H2. The van der Waals surface area contributed by atoms with Crippen LogP contribution < -0.4 is 4.74 Å². The van der Waals surface area contributed by atoms with E-state index < -0.39 is 0 Å². The van der Waals surface area contributed by atoms with Crippen molar-refractivity contribution in [2.24, 2.45) is 0 Å². The van der Waals surface area contributed by atoms with Gasteiger partial charge in [0.15, 0.2) is 5.65 Å². The molecule has 0 amide bonds. The Balaban J connectivity index is 1.28. The van der Waals surface area contributed by atoms with Crippen molar-refractivity contribution in [2.75, 3.05) is 19.7 Å². The number of fused-ring (bicyclic) bond motifs is 1. The second kappa shape index (κ2) is 8.49. The number of para-hydroxylation sites is 1. The average Bonchev–Trinajstić information content (AvgIpc) is 3.44. The third-order valence-corrected chi connectivity index (χ3v) is 6.47. The van der Waals surface area contributed by atoms with E-state index in [1.165, 1.54) is 51.6 Å². The molecule has 3 aromatic rings. The summed E-state index contributed by atoms with van der Waals surface area (Å²) < 4.78 is 7.85. The number of hydrogen-bond donors (Lipinski definition) is 0. The van der Waals surface area contributed by atoms with Crippen molar-refractivity contribution in [1.29, 1.82) is 0 Å². The highest BCUT2D eigenvalue weighted by atomic mass is 16.5. The van der Waals surface area contributed by atoms with Crippen LogP contribution in [0.2, 0.25) is 0 Å². The summed E-state index contributed by atoms with van der Waals surface area (Å²) in [5.74, 6) is 1.36. The zero-order chi connectivity index (χ0) is 19.5. The summed E-state index contributed by atoms with van der Waals surface area (Å²) in [6.45, 7) is 3.60. The van der Waals surface area contributed by atoms with Gasteiger partial charge in [0.1, 0.15) is 17.9 Å². The lowest BCUT2D eigenvalue weighted by Crippen LogP contribution is -2.39. The van der Waals surface area contributed by atoms with Crippen LogP contribution in [0.15, 0.2) is 42.7 Å². The van der Waals surface area contributed by atoms with Gasteiger partial charge >= 0.3 is 0 Å². The van der Waals surface area contributed by atoms with Crippen molar-refractivity contribution in [2.45, 2.75) is 57.0 Å². The summed E-state index contributed by atoms with van der Waals surface area (Å²) >= 11 is 0. The molecule has 0 bridgehead atoms. The van der Waals surface area contributed by atoms with Crippen molar-refractivity contribution >= 4 is 11.2 Å². The Morgan fingerprint density at radius 1 is 0.931 bits per heavy atom. The largest absolute Gasteiger partial charge is 0.492 e. The SMILES string of the molecule is c1ccc(OCCn2nc(C3CCN(C4CCCC4)CC3)c3nccnc32)cc1. The fourth-order valence-electron chi connectivity index (χ4n) is 4.93. The van der Waals surface area contributed by atoms with Crippen molar-refractivity contribution < 1.29 is 4.74 Å². The van der Waals surface area contributed by atoms with Crippen molar-refractivity contribution in [3.05, 3.63) is 48.4 Å². The molecule has 2 aromatic heterocycles. The van der Waals surface area contributed by atoms with Crippen LogP contribution in [0.4, 0.5) is 0 Å². The second-order valence-corrected chi connectivity index (χ2v) is 8.25. The molecule has 0 radical (unpaired) electrons. The second-order valence-electron chi connectivity index (χ2n) is 8.25. The van der Waals surface area contributed by atoms with Crippen LogP contribution in [0.3, 0.4) is 0 Å². The zero-order valence-electron chi connectivity index (χ0n) is 16.9. The van der Waals surface area contributed by atoms with Gasteiger partial charge in [0.2, 0.25) is 0 Å². The number of hydrogen-bond acceptors (Lipinski definition) is 5. The van der Waals surface area contributed by atoms with Crippen molar-refractivity contribution in [1.82, 2.24) is 24.6 Å². The highest BCUT2D eigenvalue weighted by Gasteiger charge is 2.30. The maximum atomic E-state index is 5.87. The number of rotatable bonds is 6. The molecule has 1 saturated heterocycles. The minimum Gasteiger partial charge on any atom is -0.492 e. The van der Waals surface area contributed by atoms with Gasteiger partial charge in [-0.05, 0) is 50.9 Å². The molecular weight excluding hydrogens is 362 g/mol. The first kappa shape index (κ1) is 18.6. The Bertz CT molecular complexity index is 927. The first-order valence-electron chi connectivity index (χ1n) is 11.0. The summed E-state index contributed by atoms with van der Waals surface area (Å²) in [4.78, 5) is 11.9. The number of ether oxygens (including phenoxy) is 1. The maximum absolute atomic E-state index is 5.87. The Morgan fingerprint density at radius 3 is 2.48 bits per heavy atom. The van der Waals surface area contributed by atoms with E-state index in [0.717, 1.165) is 28.6 Å². The van der Waals surface area contributed by atoms with Gasteiger partial charge in [-0.25, -0.2) is 14.6 Å². The predicted molar refractivity (Wildman–Crippen MR) is 113 cm³/mol. The van der Waals surface area contributed by atoms with Gasteiger partial charge in [0.25, 0.3) is 0 Å². The molecule has 2 fully saturated rings. The van der Waals surface area contributed by atoms with Crippen LogP contribution in [-0.2, 0) is 6.54 Å². The molecule has 0 N–H and O–H groups in total. The molecule has 152 valence electrons. The molecule has 5 rings (SSSR count). The molecule has 0 unspecified atom stereocenters. The smallest absolute Gasteiger partial charge is 0.177 e. The van der Waals surface area contributed by atoms with Gasteiger partial charge in [-0.3, -0.25) is 0 Å². The summed E-state index contributed by atoms with van der Waals surface area (Å²) in [6.07, 6.45) is 11.4. The molecule has 3 heterocycles. The molecule has 1 aliphatic carbocycles. The van der Waals surface area contributed by atoms with E-state index >= 15 is 0 Å². The third-order valence-electron chi connectivity index (χ3n) is 6.47. The van der Waals surface area contributed by atoms with Crippen LogP contribution in [0.5, 0.6) is 5.75 Å². The average molecular weight is 392 g/mol. The Kier molecular flexibility index (Phi) is 5.43. The monoisotopic (exact) mass is 391 g/mol. The van der Waals surface area contributed by atoms with Gasteiger partial charge in [-0.2, -0.15) is 5.10 Å². The van der Waals surface area contributed by atoms with Gasteiger partial charge in [-0.15, -0.1) is 0 Å². The number of aromatic nitrogens is 4. The molecule has 29 heavy (non-hydrogen) atoms. The van der Waals surface area contributed by atoms with E-state index in [4.69, 9.17) is 9.84 Å². The summed E-state index contributed by atoms with van der Waals surface area (Å²) in [6, 6.07) is 10.7. The molecule has 1 aliphatic heterocycles. The van der Waals surface area contributed by atoms with E-state index in [2.05, 4.69) is 14.9 Å². The first-order chi connectivity index (χ1) is 14.4. The van der Waals surface area contributed by atoms with Crippen LogP contribution in [0.25, 0.3) is 11.2 Å². The topological polar surface area (TPSA) is 56.1 Å². The van der Waals surface area contributed by atoms with Crippen molar-refractivity contribution in [3.63, 3.8) is 0 Å². The number of benzene rings is 1. The first-order valence-corrected chi connectivity index (χ1v) is 11.0. The quantitative estimate of drug-likeness (QED) is 0.635. The minimum atomic E-state index is 0.475. The molecule has 1 aromatic carbocycles. The predicted octanol–water partition coefficient (Wildman–Crippen LogP) is 4.03. The fraction of sp³-hybridized carbons (Fsp3) is 0.522. The summed E-state index contributed by atoms with van der Waals surface area (Å²) in [5, 5.41) is 4.96. The Hall–Kier alpha value is -2.47. The summed E-state index contributed by atoms with van der Waals surface area (Å²) in [5.41, 5.74) is 2.96. The van der Waals surface area contributed by atoms with E-state index in [1.54, 1.807) is 12.4 Å². The van der Waals surface area contributed by atoms with Gasteiger partial charge < -0.3 is 9.64 Å². The highest BCUT2D eigenvalue weighted by molar-refractivity contribution is 5.73. The van der Waals surface area contributed by atoms with E-state index in [9.17, 15) is 0 Å². The summed E-state index contributed by atoms with van der Waals surface area (Å²) in [7, 11) is 0. The van der Waals surface area contributed by atoms with Crippen molar-refractivity contribution in [3.8, 4) is 5.75 Å². The molecule has 1 saturated carbocycles. The van der Waals surface area contributed by atoms with Crippen LogP contribution >= 0.6 is 0 Å². The molecule has 0 atom stereocenters. The maximum Gasteiger partial charge on any atom is 0.177 e. The molecular formula is C23H29N5O. The minimum absolute atomic E-state index is 0.475. The van der Waals surface area contributed by atoms with Crippen LogP contribution in [0.1, 0.15) is 50.1 Å². The third kappa shape index (κ3) is 3.99. The highest BCUT2D eigenvalue weighted by Crippen LogP contribution is 2.34. The normalized spacial score (nSPS) is 19.2. The lowest BCUT2D eigenvalue weighted by Gasteiger charge is -2.35. The fourth-order valence-corrected chi connectivity index (χ4v) is 4.93. The number of nitrogens with zero attached hydrogens (tertiary/aromatic N) is 5. The Morgan fingerprint density at radius 2 is 1.69 bits per heavy atom. The zero-order valence-corrected chi connectivity index (χ0v) is 16.9. The number of likely N-dealkylation sites (tertiary alicyclic amines) is 1. The molecule has 0 spiro atoms. The van der Waals surface area contributed by atoms with Gasteiger partial charge in [0.05, 0.1) is 12.2 Å². The number of piperidine rings is 1. The molecule has 2 aliphatic rings. The lowest BCUT2D eigenvalue weighted by atomic mass is 9.92. The van der Waals surface area contributed by atoms with Crippen LogP contribution in [-0.4, -0.2) is 50.4 Å². The Labute approximate surface area is 171 Å². The van der Waals surface area contributed by atoms with E-state index in [-0.39, 0.29) is 0 Å². The molecule has 6 nitrogen and oxygen atoms in total.